The zero-order valence-electron chi connectivity index (χ0n) is 24.7. The molecule has 6 heteroatoms. The fourth-order valence-corrected chi connectivity index (χ4v) is 9.54. The van der Waals surface area contributed by atoms with E-state index in [4.69, 9.17) is 9.47 Å². The summed E-state index contributed by atoms with van der Waals surface area (Å²) in [6, 6.07) is 41.8. The molecular weight excluding hydrogens is 585 g/mol. The van der Waals surface area contributed by atoms with Crippen LogP contribution in [-0.2, 0) is 19.1 Å². The van der Waals surface area contributed by atoms with E-state index in [0.717, 1.165) is 25.7 Å². The summed E-state index contributed by atoms with van der Waals surface area (Å²) in [6.07, 6.45) is 2.68. The summed E-state index contributed by atoms with van der Waals surface area (Å²) in [5, 5.41) is 0.934. The van der Waals surface area contributed by atoms with Crippen LogP contribution >= 0.6 is 23.5 Å². The predicted octanol–water partition coefficient (Wildman–Crippen LogP) is 9.61. The summed E-state index contributed by atoms with van der Waals surface area (Å²) in [4.78, 5) is 26.1. The highest BCUT2D eigenvalue weighted by Crippen LogP contribution is 2.52. The Morgan fingerprint density at radius 3 is 0.955 bits per heavy atom. The minimum Gasteiger partial charge on any atom is -0.462 e. The molecular formula is C38H38O4S2. The molecule has 4 unspecified atom stereocenters. The van der Waals surface area contributed by atoms with Crippen molar-refractivity contribution in [1.82, 2.24) is 0 Å². The predicted molar refractivity (Wildman–Crippen MR) is 179 cm³/mol. The molecule has 0 aliphatic carbocycles. The average molecular weight is 623 g/mol. The summed E-state index contributed by atoms with van der Waals surface area (Å²) >= 11 is 3.87. The Bertz CT molecular complexity index is 1270. The number of thioether (sulfide) groups is 2. The topological polar surface area (TPSA) is 52.6 Å². The summed E-state index contributed by atoms with van der Waals surface area (Å²) in [5.74, 6) is -0.665. The van der Waals surface area contributed by atoms with Crippen molar-refractivity contribution in [3.8, 4) is 0 Å². The monoisotopic (exact) mass is 622 g/mol. The molecule has 4 aromatic carbocycles. The highest BCUT2D eigenvalue weighted by Gasteiger charge is 2.35. The molecule has 0 spiro atoms. The second-order valence-corrected chi connectivity index (χ2v) is 14.4. The SMILES string of the molecule is O=C(CCC(=O)OC1CC(c2ccccc2)SC(c2ccccc2)C1)OC1CC(c2ccccc2)SC(c2ccccc2)C1. The van der Waals surface area contributed by atoms with Crippen molar-refractivity contribution in [2.24, 2.45) is 0 Å². The van der Waals surface area contributed by atoms with Crippen molar-refractivity contribution < 1.29 is 19.1 Å². The van der Waals surface area contributed by atoms with Gasteiger partial charge < -0.3 is 9.47 Å². The lowest BCUT2D eigenvalue weighted by molar-refractivity contribution is -0.157. The third-order valence-corrected chi connectivity index (χ3v) is 11.6. The van der Waals surface area contributed by atoms with E-state index in [1.807, 2.05) is 47.8 Å². The molecule has 0 saturated carbocycles. The fourth-order valence-electron chi connectivity index (χ4n) is 6.18. The van der Waals surface area contributed by atoms with Crippen molar-refractivity contribution in [2.45, 2.75) is 71.7 Å². The number of benzene rings is 4. The minimum absolute atomic E-state index is 0.0280. The Morgan fingerprint density at radius 2 is 0.705 bits per heavy atom. The first-order chi connectivity index (χ1) is 21.6. The molecule has 4 nitrogen and oxygen atoms in total. The third-order valence-electron chi connectivity index (χ3n) is 8.38. The van der Waals surface area contributed by atoms with Gasteiger partial charge >= 0.3 is 11.9 Å². The van der Waals surface area contributed by atoms with Crippen LogP contribution < -0.4 is 0 Å². The van der Waals surface area contributed by atoms with Gasteiger partial charge in [0.25, 0.3) is 0 Å². The van der Waals surface area contributed by atoms with Crippen molar-refractivity contribution >= 4 is 35.5 Å². The van der Waals surface area contributed by atoms with Gasteiger partial charge in [0.2, 0.25) is 0 Å². The summed E-state index contributed by atoms with van der Waals surface area (Å²) in [6.45, 7) is 0. The Hall–Kier alpha value is -3.48. The van der Waals surface area contributed by atoms with E-state index in [-0.39, 0.29) is 58.0 Å². The van der Waals surface area contributed by atoms with Gasteiger partial charge in [-0.2, -0.15) is 0 Å². The lowest BCUT2D eigenvalue weighted by Crippen LogP contribution is -2.28. The Labute approximate surface area is 268 Å². The molecule has 6 rings (SSSR count). The molecule has 2 fully saturated rings. The van der Waals surface area contributed by atoms with Crippen LogP contribution in [0.25, 0.3) is 0 Å². The van der Waals surface area contributed by atoms with Gasteiger partial charge in [0.15, 0.2) is 0 Å². The van der Waals surface area contributed by atoms with Crippen LogP contribution in [0, 0.1) is 0 Å². The molecule has 0 radical (unpaired) electrons. The van der Waals surface area contributed by atoms with Gasteiger partial charge in [0, 0.05) is 46.7 Å². The van der Waals surface area contributed by atoms with Gasteiger partial charge in [0.1, 0.15) is 12.2 Å². The molecule has 0 N–H and O–H groups in total. The number of rotatable bonds is 9. The van der Waals surface area contributed by atoms with Gasteiger partial charge in [-0.3, -0.25) is 9.59 Å². The second-order valence-electron chi connectivity index (χ2n) is 11.5. The molecule has 0 aromatic heterocycles. The summed E-state index contributed by atoms with van der Waals surface area (Å²) in [5.41, 5.74) is 4.99. The van der Waals surface area contributed by atoms with E-state index in [1.165, 1.54) is 22.3 Å². The largest absolute Gasteiger partial charge is 0.462 e. The van der Waals surface area contributed by atoms with Gasteiger partial charge in [-0.15, -0.1) is 23.5 Å². The van der Waals surface area contributed by atoms with E-state index in [9.17, 15) is 9.59 Å². The number of carbonyl (C=O) groups excluding carboxylic acids is 2. The number of carbonyl (C=O) groups is 2. The van der Waals surface area contributed by atoms with Crippen LogP contribution in [0.5, 0.6) is 0 Å². The lowest BCUT2D eigenvalue weighted by Gasteiger charge is -2.35. The summed E-state index contributed by atoms with van der Waals surface area (Å²) < 4.78 is 12.0. The third kappa shape index (κ3) is 8.16. The maximum absolute atomic E-state index is 13.0. The van der Waals surface area contributed by atoms with Gasteiger partial charge in [-0.1, -0.05) is 121 Å². The maximum Gasteiger partial charge on any atom is 0.306 e. The first kappa shape index (κ1) is 30.5. The summed E-state index contributed by atoms with van der Waals surface area (Å²) in [7, 11) is 0. The number of hydrogen-bond donors (Lipinski definition) is 0. The second kappa shape index (κ2) is 15.0. The van der Waals surface area contributed by atoms with Gasteiger partial charge in [0.05, 0.1) is 12.8 Å². The van der Waals surface area contributed by atoms with Crippen LogP contribution in [0.4, 0.5) is 0 Å². The van der Waals surface area contributed by atoms with Crippen molar-refractivity contribution in [3.05, 3.63) is 144 Å². The minimum atomic E-state index is -0.332. The van der Waals surface area contributed by atoms with E-state index in [1.54, 1.807) is 0 Å². The van der Waals surface area contributed by atoms with Crippen LogP contribution in [0.2, 0.25) is 0 Å². The number of ether oxygens (including phenoxy) is 2. The van der Waals surface area contributed by atoms with Crippen molar-refractivity contribution in [3.63, 3.8) is 0 Å². The standard InChI is InChI=1S/C38H38O4S2/c39-37(41-31-23-33(27-13-5-1-6-14-27)43-34(24-31)28-15-7-2-8-16-28)21-22-38(40)42-32-25-35(29-17-9-3-10-18-29)44-36(26-32)30-19-11-4-12-20-30/h1-20,31-36H,21-26H2. The van der Waals surface area contributed by atoms with Crippen LogP contribution in [0.1, 0.15) is 81.8 Å². The smallest absolute Gasteiger partial charge is 0.306 e. The van der Waals surface area contributed by atoms with E-state index in [2.05, 4.69) is 97.1 Å². The van der Waals surface area contributed by atoms with E-state index < -0.39 is 0 Å². The maximum atomic E-state index is 13.0. The molecule has 2 heterocycles. The molecule has 0 bridgehead atoms. The zero-order valence-corrected chi connectivity index (χ0v) is 26.3. The Balaban J connectivity index is 1.05. The molecule has 2 aliphatic rings. The number of esters is 2. The van der Waals surface area contributed by atoms with E-state index >= 15 is 0 Å². The Kier molecular flexibility index (Phi) is 10.4. The van der Waals surface area contributed by atoms with Crippen LogP contribution in [0.3, 0.4) is 0 Å². The first-order valence-electron chi connectivity index (χ1n) is 15.5. The van der Waals surface area contributed by atoms with Crippen molar-refractivity contribution in [2.75, 3.05) is 0 Å². The fraction of sp³-hybridized carbons (Fsp3) is 0.316. The van der Waals surface area contributed by atoms with Gasteiger partial charge in [-0.05, 0) is 22.3 Å². The molecule has 44 heavy (non-hydrogen) atoms. The quantitative estimate of drug-likeness (QED) is 0.173. The average Bonchev–Trinajstić information content (AvgIpc) is 3.08. The first-order valence-corrected chi connectivity index (χ1v) is 17.4. The highest BCUT2D eigenvalue weighted by atomic mass is 32.2. The zero-order chi connectivity index (χ0) is 30.1. The molecule has 2 aliphatic heterocycles. The number of hydrogen-bond acceptors (Lipinski definition) is 6. The molecule has 226 valence electrons. The Morgan fingerprint density at radius 1 is 0.455 bits per heavy atom. The molecule has 2 saturated heterocycles. The normalized spacial score (nSPS) is 25.1. The molecule has 4 aromatic rings. The van der Waals surface area contributed by atoms with E-state index in [0.29, 0.717) is 0 Å². The molecule has 4 atom stereocenters. The van der Waals surface area contributed by atoms with Crippen LogP contribution in [0.15, 0.2) is 121 Å². The van der Waals surface area contributed by atoms with Crippen LogP contribution in [-0.4, -0.2) is 24.1 Å². The molecule has 0 amide bonds. The van der Waals surface area contributed by atoms with Crippen molar-refractivity contribution in [1.29, 1.82) is 0 Å². The lowest BCUT2D eigenvalue weighted by atomic mass is 9.99. The highest BCUT2D eigenvalue weighted by molar-refractivity contribution is 8.00. The van der Waals surface area contributed by atoms with Gasteiger partial charge in [-0.25, -0.2) is 0 Å².